The number of anilines is 1. The van der Waals surface area contributed by atoms with E-state index in [1.165, 1.54) is 12.8 Å². The molecule has 0 saturated heterocycles. The van der Waals surface area contributed by atoms with E-state index in [1.807, 2.05) is 24.3 Å². The SMILES string of the molecule is CCCCN(CCO)CCCOc1cccc(N)c1. The topological polar surface area (TPSA) is 58.7 Å². The van der Waals surface area contributed by atoms with E-state index in [2.05, 4.69) is 11.8 Å². The van der Waals surface area contributed by atoms with E-state index >= 15 is 0 Å². The van der Waals surface area contributed by atoms with Crippen molar-refractivity contribution in [2.24, 2.45) is 0 Å². The Morgan fingerprint density at radius 1 is 1.21 bits per heavy atom. The highest BCUT2D eigenvalue weighted by Crippen LogP contribution is 2.14. The van der Waals surface area contributed by atoms with Crippen LogP contribution in [0.5, 0.6) is 5.75 Å². The molecule has 4 heteroatoms. The quantitative estimate of drug-likeness (QED) is 0.503. The molecular formula is C15H26N2O2. The number of unbranched alkanes of at least 4 members (excludes halogenated alkanes) is 1. The molecule has 0 bridgehead atoms. The van der Waals surface area contributed by atoms with Gasteiger partial charge in [-0.1, -0.05) is 19.4 Å². The van der Waals surface area contributed by atoms with E-state index in [0.29, 0.717) is 6.61 Å². The minimum atomic E-state index is 0.222. The molecule has 0 spiro atoms. The second-order valence-corrected chi connectivity index (χ2v) is 4.69. The zero-order valence-electron chi connectivity index (χ0n) is 11.8. The van der Waals surface area contributed by atoms with E-state index in [-0.39, 0.29) is 6.61 Å². The predicted octanol–water partition coefficient (Wildman–Crippen LogP) is 2.13. The molecule has 0 aromatic heterocycles. The van der Waals surface area contributed by atoms with Crippen LogP contribution in [0, 0.1) is 0 Å². The van der Waals surface area contributed by atoms with Crippen molar-refractivity contribution in [3.8, 4) is 5.75 Å². The summed E-state index contributed by atoms with van der Waals surface area (Å²) in [6.07, 6.45) is 3.32. The van der Waals surface area contributed by atoms with Crippen molar-refractivity contribution in [1.29, 1.82) is 0 Å². The zero-order chi connectivity index (χ0) is 13.9. The van der Waals surface area contributed by atoms with Gasteiger partial charge in [0.15, 0.2) is 0 Å². The third-order valence-corrected chi connectivity index (χ3v) is 2.99. The Morgan fingerprint density at radius 3 is 2.68 bits per heavy atom. The molecule has 0 aliphatic carbocycles. The van der Waals surface area contributed by atoms with Gasteiger partial charge in [0.25, 0.3) is 0 Å². The maximum absolute atomic E-state index is 9.01. The van der Waals surface area contributed by atoms with Crippen molar-refractivity contribution in [2.75, 3.05) is 38.6 Å². The first-order chi connectivity index (χ1) is 9.26. The van der Waals surface area contributed by atoms with Crippen LogP contribution in [-0.2, 0) is 0 Å². The Kier molecular flexibility index (Phi) is 8.02. The molecule has 0 heterocycles. The van der Waals surface area contributed by atoms with E-state index in [9.17, 15) is 0 Å². The van der Waals surface area contributed by atoms with Crippen molar-refractivity contribution in [3.05, 3.63) is 24.3 Å². The summed E-state index contributed by atoms with van der Waals surface area (Å²) in [5.74, 6) is 0.822. The van der Waals surface area contributed by atoms with Gasteiger partial charge in [-0.3, -0.25) is 0 Å². The fourth-order valence-electron chi connectivity index (χ4n) is 1.94. The number of benzene rings is 1. The number of nitrogens with zero attached hydrogens (tertiary/aromatic N) is 1. The smallest absolute Gasteiger partial charge is 0.121 e. The third-order valence-electron chi connectivity index (χ3n) is 2.99. The molecule has 0 unspecified atom stereocenters. The Balaban J connectivity index is 2.20. The number of ether oxygens (including phenoxy) is 1. The van der Waals surface area contributed by atoms with Gasteiger partial charge in [-0.2, -0.15) is 0 Å². The van der Waals surface area contributed by atoms with Crippen LogP contribution in [0.15, 0.2) is 24.3 Å². The van der Waals surface area contributed by atoms with E-state index in [1.54, 1.807) is 0 Å². The molecule has 0 saturated carbocycles. The van der Waals surface area contributed by atoms with Gasteiger partial charge in [0.1, 0.15) is 5.75 Å². The fourth-order valence-corrected chi connectivity index (χ4v) is 1.94. The molecule has 4 nitrogen and oxygen atoms in total. The Labute approximate surface area is 116 Å². The summed E-state index contributed by atoms with van der Waals surface area (Å²) < 4.78 is 5.65. The number of aliphatic hydroxyl groups is 1. The number of nitrogens with two attached hydrogens (primary N) is 1. The number of nitrogen functional groups attached to an aromatic ring is 1. The van der Waals surface area contributed by atoms with Crippen molar-refractivity contribution in [3.63, 3.8) is 0 Å². The Hall–Kier alpha value is -1.26. The molecule has 0 atom stereocenters. The maximum Gasteiger partial charge on any atom is 0.121 e. The van der Waals surface area contributed by atoms with Gasteiger partial charge in [-0.15, -0.1) is 0 Å². The molecule has 1 rings (SSSR count). The minimum Gasteiger partial charge on any atom is -0.493 e. The molecule has 0 amide bonds. The molecule has 0 aliphatic rings. The second-order valence-electron chi connectivity index (χ2n) is 4.69. The van der Waals surface area contributed by atoms with Gasteiger partial charge in [0.2, 0.25) is 0 Å². The zero-order valence-corrected chi connectivity index (χ0v) is 11.8. The van der Waals surface area contributed by atoms with Gasteiger partial charge in [-0.25, -0.2) is 0 Å². The summed E-state index contributed by atoms with van der Waals surface area (Å²) in [4.78, 5) is 2.28. The van der Waals surface area contributed by atoms with Crippen LogP contribution in [0.1, 0.15) is 26.2 Å². The number of hydrogen-bond acceptors (Lipinski definition) is 4. The standard InChI is InChI=1S/C15H26N2O2/c1-2-3-8-17(10-11-18)9-5-12-19-15-7-4-6-14(16)13-15/h4,6-7,13,18H,2-3,5,8-12,16H2,1H3. The van der Waals surface area contributed by atoms with Crippen LogP contribution >= 0.6 is 0 Å². The summed E-state index contributed by atoms with van der Waals surface area (Å²) >= 11 is 0. The van der Waals surface area contributed by atoms with E-state index < -0.39 is 0 Å². The Morgan fingerprint density at radius 2 is 2.00 bits per heavy atom. The summed E-state index contributed by atoms with van der Waals surface area (Å²) in [6, 6.07) is 7.49. The van der Waals surface area contributed by atoms with Crippen LogP contribution in [0.3, 0.4) is 0 Å². The first kappa shape index (κ1) is 15.8. The summed E-state index contributed by atoms with van der Waals surface area (Å²) in [6.45, 7) is 5.84. The fraction of sp³-hybridized carbons (Fsp3) is 0.600. The Bertz CT molecular complexity index is 345. The lowest BCUT2D eigenvalue weighted by atomic mass is 10.3. The number of rotatable bonds is 10. The molecule has 1 aromatic rings. The highest BCUT2D eigenvalue weighted by Gasteiger charge is 2.03. The predicted molar refractivity (Wildman–Crippen MR) is 79.4 cm³/mol. The van der Waals surface area contributed by atoms with Crippen LogP contribution < -0.4 is 10.5 Å². The van der Waals surface area contributed by atoms with E-state index in [0.717, 1.165) is 37.5 Å². The monoisotopic (exact) mass is 266 g/mol. The molecule has 0 fully saturated rings. The van der Waals surface area contributed by atoms with Crippen LogP contribution in [0.4, 0.5) is 5.69 Å². The molecular weight excluding hydrogens is 240 g/mol. The first-order valence-corrected chi connectivity index (χ1v) is 7.07. The molecule has 1 aromatic carbocycles. The average molecular weight is 266 g/mol. The largest absolute Gasteiger partial charge is 0.493 e. The minimum absolute atomic E-state index is 0.222. The average Bonchev–Trinajstić information content (AvgIpc) is 2.41. The summed E-state index contributed by atoms with van der Waals surface area (Å²) in [5, 5.41) is 9.01. The molecule has 108 valence electrons. The number of hydrogen-bond donors (Lipinski definition) is 2. The summed E-state index contributed by atoms with van der Waals surface area (Å²) in [7, 11) is 0. The second kappa shape index (κ2) is 9.64. The normalized spacial score (nSPS) is 10.9. The van der Waals surface area contributed by atoms with Gasteiger partial charge in [0.05, 0.1) is 13.2 Å². The van der Waals surface area contributed by atoms with Crippen LogP contribution in [-0.4, -0.2) is 42.9 Å². The first-order valence-electron chi connectivity index (χ1n) is 7.07. The summed E-state index contributed by atoms with van der Waals surface area (Å²) in [5.41, 5.74) is 6.41. The number of aliphatic hydroxyl groups excluding tert-OH is 1. The molecule has 0 aliphatic heterocycles. The van der Waals surface area contributed by atoms with Crippen LogP contribution in [0.2, 0.25) is 0 Å². The van der Waals surface area contributed by atoms with E-state index in [4.69, 9.17) is 15.6 Å². The highest BCUT2D eigenvalue weighted by molar-refractivity contribution is 5.43. The maximum atomic E-state index is 9.01. The van der Waals surface area contributed by atoms with Gasteiger partial charge < -0.3 is 20.5 Å². The molecule has 0 radical (unpaired) electrons. The molecule has 3 N–H and O–H groups in total. The van der Waals surface area contributed by atoms with Crippen molar-refractivity contribution in [1.82, 2.24) is 4.90 Å². The van der Waals surface area contributed by atoms with Gasteiger partial charge in [0, 0.05) is 24.8 Å². The lowest BCUT2D eigenvalue weighted by molar-refractivity contribution is 0.181. The lowest BCUT2D eigenvalue weighted by Gasteiger charge is -2.20. The van der Waals surface area contributed by atoms with Crippen molar-refractivity contribution < 1.29 is 9.84 Å². The molecule has 19 heavy (non-hydrogen) atoms. The van der Waals surface area contributed by atoms with Crippen LogP contribution in [0.25, 0.3) is 0 Å². The van der Waals surface area contributed by atoms with Crippen molar-refractivity contribution >= 4 is 5.69 Å². The van der Waals surface area contributed by atoms with Gasteiger partial charge >= 0.3 is 0 Å². The van der Waals surface area contributed by atoms with Crippen molar-refractivity contribution in [2.45, 2.75) is 26.2 Å². The third kappa shape index (κ3) is 7.03. The van der Waals surface area contributed by atoms with Gasteiger partial charge in [-0.05, 0) is 31.5 Å². The highest BCUT2D eigenvalue weighted by atomic mass is 16.5. The lowest BCUT2D eigenvalue weighted by Crippen LogP contribution is -2.29.